The van der Waals surface area contributed by atoms with Gasteiger partial charge in [0.1, 0.15) is 0 Å². The monoisotopic (exact) mass is 216 g/mol. The summed E-state index contributed by atoms with van der Waals surface area (Å²) >= 11 is 0. The van der Waals surface area contributed by atoms with Gasteiger partial charge in [-0.15, -0.1) is 0 Å². The molecule has 15 heavy (non-hydrogen) atoms. The number of rotatable bonds is 7. The molecule has 1 aliphatic heterocycles. The predicted molar refractivity (Wildman–Crippen MR) is 60.9 cm³/mol. The van der Waals surface area contributed by atoms with Gasteiger partial charge in [0, 0.05) is 33.4 Å². The van der Waals surface area contributed by atoms with Crippen molar-refractivity contribution in [2.24, 2.45) is 0 Å². The zero-order valence-corrected chi connectivity index (χ0v) is 10.2. The molecule has 1 heterocycles. The SMILES string of the molecule is CCN1CCC[C@H]1CNCC(OC)OC. The molecule has 0 saturated carbocycles. The summed E-state index contributed by atoms with van der Waals surface area (Å²) in [5, 5.41) is 3.40. The second-order valence-electron chi connectivity index (χ2n) is 3.98. The highest BCUT2D eigenvalue weighted by atomic mass is 16.7. The number of methoxy groups -OCH3 is 2. The van der Waals surface area contributed by atoms with Crippen LogP contribution in [0.15, 0.2) is 0 Å². The Bertz CT molecular complexity index is 163. The number of nitrogens with zero attached hydrogens (tertiary/aromatic N) is 1. The second-order valence-corrected chi connectivity index (χ2v) is 3.98. The van der Waals surface area contributed by atoms with Gasteiger partial charge in [0.15, 0.2) is 6.29 Å². The van der Waals surface area contributed by atoms with Crippen LogP contribution < -0.4 is 5.32 Å². The Morgan fingerprint density at radius 1 is 1.40 bits per heavy atom. The van der Waals surface area contributed by atoms with Crippen molar-refractivity contribution in [2.75, 3.05) is 40.4 Å². The van der Waals surface area contributed by atoms with Crippen LogP contribution in [0.25, 0.3) is 0 Å². The lowest BCUT2D eigenvalue weighted by Crippen LogP contribution is -2.40. The van der Waals surface area contributed by atoms with Gasteiger partial charge in [0.05, 0.1) is 0 Å². The lowest BCUT2D eigenvalue weighted by molar-refractivity contribution is -0.0990. The highest BCUT2D eigenvalue weighted by molar-refractivity contribution is 4.79. The van der Waals surface area contributed by atoms with Crippen LogP contribution >= 0.6 is 0 Å². The van der Waals surface area contributed by atoms with Crippen molar-refractivity contribution < 1.29 is 9.47 Å². The summed E-state index contributed by atoms with van der Waals surface area (Å²) in [6, 6.07) is 0.698. The molecular weight excluding hydrogens is 192 g/mol. The Hall–Kier alpha value is -0.160. The number of likely N-dealkylation sites (tertiary alicyclic amines) is 1. The van der Waals surface area contributed by atoms with Crippen LogP contribution in [0.3, 0.4) is 0 Å². The van der Waals surface area contributed by atoms with Gasteiger partial charge in [-0.3, -0.25) is 4.90 Å². The molecule has 0 bridgehead atoms. The van der Waals surface area contributed by atoms with Crippen molar-refractivity contribution in [2.45, 2.75) is 32.1 Å². The highest BCUT2D eigenvalue weighted by Crippen LogP contribution is 2.15. The van der Waals surface area contributed by atoms with Crippen LogP contribution in [-0.4, -0.2) is 57.6 Å². The van der Waals surface area contributed by atoms with E-state index in [0.29, 0.717) is 6.04 Å². The van der Waals surface area contributed by atoms with Gasteiger partial charge in [-0.05, 0) is 25.9 Å². The fourth-order valence-electron chi connectivity index (χ4n) is 2.17. The number of nitrogens with one attached hydrogen (secondary N) is 1. The highest BCUT2D eigenvalue weighted by Gasteiger charge is 2.22. The summed E-state index contributed by atoms with van der Waals surface area (Å²) in [4.78, 5) is 2.53. The topological polar surface area (TPSA) is 33.7 Å². The van der Waals surface area contributed by atoms with Gasteiger partial charge in [0.2, 0.25) is 0 Å². The second kappa shape index (κ2) is 7.17. The summed E-state index contributed by atoms with van der Waals surface area (Å²) in [7, 11) is 3.34. The first-order chi connectivity index (χ1) is 7.31. The summed E-state index contributed by atoms with van der Waals surface area (Å²) in [5.41, 5.74) is 0. The Balaban J connectivity index is 2.13. The fraction of sp³-hybridized carbons (Fsp3) is 1.00. The van der Waals surface area contributed by atoms with Crippen molar-refractivity contribution in [3.8, 4) is 0 Å². The maximum atomic E-state index is 5.12. The van der Waals surface area contributed by atoms with E-state index in [-0.39, 0.29) is 6.29 Å². The standard InChI is InChI=1S/C11H24N2O2/c1-4-13-7-5-6-10(13)8-12-9-11(14-2)15-3/h10-12H,4-9H2,1-3H3/t10-/m0/s1. The molecule has 0 amide bonds. The Kier molecular flexibility index (Phi) is 6.17. The molecule has 1 N–H and O–H groups in total. The summed E-state index contributed by atoms with van der Waals surface area (Å²) in [6.45, 7) is 6.44. The van der Waals surface area contributed by atoms with E-state index >= 15 is 0 Å². The minimum Gasteiger partial charge on any atom is -0.355 e. The normalized spacial score (nSPS) is 22.8. The first-order valence-corrected chi connectivity index (χ1v) is 5.82. The lowest BCUT2D eigenvalue weighted by atomic mass is 10.2. The molecular formula is C11H24N2O2. The van der Waals surface area contributed by atoms with E-state index in [9.17, 15) is 0 Å². The number of hydrogen-bond donors (Lipinski definition) is 1. The number of likely N-dealkylation sites (N-methyl/N-ethyl adjacent to an activating group) is 1. The molecule has 1 saturated heterocycles. The molecule has 0 radical (unpaired) electrons. The molecule has 0 aromatic rings. The zero-order chi connectivity index (χ0) is 11.1. The minimum atomic E-state index is -0.124. The third kappa shape index (κ3) is 4.07. The zero-order valence-electron chi connectivity index (χ0n) is 10.2. The molecule has 4 heteroatoms. The molecule has 1 aliphatic rings. The van der Waals surface area contributed by atoms with E-state index in [1.165, 1.54) is 19.4 Å². The molecule has 0 unspecified atom stereocenters. The first-order valence-electron chi connectivity index (χ1n) is 5.82. The van der Waals surface area contributed by atoms with E-state index in [4.69, 9.17) is 9.47 Å². The summed E-state index contributed by atoms with van der Waals surface area (Å²) in [6.07, 6.45) is 2.52. The van der Waals surface area contributed by atoms with Crippen molar-refractivity contribution in [3.05, 3.63) is 0 Å². The van der Waals surface area contributed by atoms with Crippen LogP contribution in [0.4, 0.5) is 0 Å². The van der Waals surface area contributed by atoms with Gasteiger partial charge in [0.25, 0.3) is 0 Å². The van der Waals surface area contributed by atoms with Crippen molar-refractivity contribution in [1.82, 2.24) is 10.2 Å². The van der Waals surface area contributed by atoms with Gasteiger partial charge >= 0.3 is 0 Å². The third-order valence-electron chi connectivity index (χ3n) is 3.12. The van der Waals surface area contributed by atoms with Gasteiger partial charge in [-0.25, -0.2) is 0 Å². The Morgan fingerprint density at radius 2 is 2.13 bits per heavy atom. The molecule has 1 atom stereocenters. The molecule has 0 spiro atoms. The van der Waals surface area contributed by atoms with Crippen LogP contribution in [0.1, 0.15) is 19.8 Å². The average molecular weight is 216 g/mol. The third-order valence-corrected chi connectivity index (χ3v) is 3.12. The van der Waals surface area contributed by atoms with Gasteiger partial charge in [-0.1, -0.05) is 6.92 Å². The summed E-state index contributed by atoms with van der Waals surface area (Å²) in [5.74, 6) is 0. The first kappa shape index (κ1) is 12.9. The van der Waals surface area contributed by atoms with Crippen LogP contribution in [0, 0.1) is 0 Å². The molecule has 0 aliphatic carbocycles. The van der Waals surface area contributed by atoms with E-state index in [1.807, 2.05) is 0 Å². The van der Waals surface area contributed by atoms with Crippen LogP contribution in [0.5, 0.6) is 0 Å². The maximum absolute atomic E-state index is 5.12. The van der Waals surface area contributed by atoms with Crippen LogP contribution in [0.2, 0.25) is 0 Å². The van der Waals surface area contributed by atoms with E-state index in [2.05, 4.69) is 17.1 Å². The van der Waals surface area contributed by atoms with Crippen molar-refractivity contribution in [3.63, 3.8) is 0 Å². The Morgan fingerprint density at radius 3 is 2.73 bits per heavy atom. The molecule has 1 rings (SSSR count). The fourth-order valence-corrected chi connectivity index (χ4v) is 2.17. The van der Waals surface area contributed by atoms with Gasteiger partial charge < -0.3 is 14.8 Å². The van der Waals surface area contributed by atoms with Gasteiger partial charge in [-0.2, -0.15) is 0 Å². The van der Waals surface area contributed by atoms with Crippen molar-refractivity contribution >= 4 is 0 Å². The number of ether oxygens (including phenoxy) is 2. The van der Waals surface area contributed by atoms with Crippen LogP contribution in [-0.2, 0) is 9.47 Å². The molecule has 1 fully saturated rings. The maximum Gasteiger partial charge on any atom is 0.169 e. The van der Waals surface area contributed by atoms with E-state index in [1.54, 1.807) is 14.2 Å². The quantitative estimate of drug-likeness (QED) is 0.635. The van der Waals surface area contributed by atoms with E-state index < -0.39 is 0 Å². The molecule has 4 nitrogen and oxygen atoms in total. The average Bonchev–Trinajstić information content (AvgIpc) is 2.72. The van der Waals surface area contributed by atoms with E-state index in [0.717, 1.165) is 19.6 Å². The van der Waals surface area contributed by atoms with Crippen molar-refractivity contribution in [1.29, 1.82) is 0 Å². The predicted octanol–water partition coefficient (Wildman–Crippen LogP) is 0.679. The smallest absolute Gasteiger partial charge is 0.169 e. The largest absolute Gasteiger partial charge is 0.355 e. The summed E-state index contributed by atoms with van der Waals surface area (Å²) < 4.78 is 10.2. The molecule has 0 aromatic heterocycles. The molecule has 90 valence electrons. The lowest BCUT2D eigenvalue weighted by Gasteiger charge is -2.24. The Labute approximate surface area is 92.9 Å². The number of hydrogen-bond acceptors (Lipinski definition) is 4. The minimum absolute atomic E-state index is 0.124. The molecule has 0 aromatic carbocycles.